The number of hydrogen-bond donors (Lipinski definition) is 1. The fraction of sp³-hybridized carbons (Fsp3) is 0.312. The molecule has 0 aliphatic heterocycles. The molecule has 114 valence electrons. The van der Waals surface area contributed by atoms with Gasteiger partial charge < -0.3 is 14.3 Å². The van der Waals surface area contributed by atoms with E-state index in [1.807, 2.05) is 28.8 Å². The van der Waals surface area contributed by atoms with Gasteiger partial charge >= 0.3 is 0 Å². The number of benzene rings is 1. The molecule has 2 heterocycles. The van der Waals surface area contributed by atoms with E-state index >= 15 is 0 Å². The van der Waals surface area contributed by atoms with E-state index in [1.54, 1.807) is 13.4 Å². The first-order valence-electron chi connectivity index (χ1n) is 7.32. The number of ether oxygens (including phenoxy) is 1. The zero-order chi connectivity index (χ0) is 15.5. The molecule has 1 N–H and O–H groups in total. The van der Waals surface area contributed by atoms with Gasteiger partial charge in [-0.15, -0.1) is 0 Å². The predicted octanol–water partition coefficient (Wildman–Crippen LogP) is 2.60. The quantitative estimate of drug-likeness (QED) is 0.786. The minimum Gasteiger partial charge on any atom is -0.497 e. The van der Waals surface area contributed by atoms with E-state index in [2.05, 4.69) is 21.9 Å². The number of imidazole rings is 1. The van der Waals surface area contributed by atoms with E-state index in [1.165, 1.54) is 0 Å². The SMILES string of the molecule is CCCCn1cnc2c(=O)[nH]c(-c3ccc(OC)cc3)nc21. The van der Waals surface area contributed by atoms with Crippen LogP contribution >= 0.6 is 0 Å². The second-order valence-electron chi connectivity index (χ2n) is 5.11. The normalized spacial score (nSPS) is 11.0. The maximum atomic E-state index is 12.2. The van der Waals surface area contributed by atoms with Gasteiger partial charge in [0, 0.05) is 12.1 Å². The molecular formula is C16H18N4O2. The molecule has 6 nitrogen and oxygen atoms in total. The number of rotatable bonds is 5. The van der Waals surface area contributed by atoms with Crippen molar-refractivity contribution in [1.29, 1.82) is 0 Å². The van der Waals surface area contributed by atoms with Crippen LogP contribution in [-0.2, 0) is 6.54 Å². The first-order valence-corrected chi connectivity index (χ1v) is 7.32. The third-order valence-corrected chi connectivity index (χ3v) is 3.59. The minimum atomic E-state index is -0.217. The van der Waals surface area contributed by atoms with Gasteiger partial charge in [0.1, 0.15) is 11.6 Å². The Labute approximate surface area is 127 Å². The summed E-state index contributed by atoms with van der Waals surface area (Å²) >= 11 is 0. The Hall–Kier alpha value is -2.63. The molecule has 0 unspecified atom stereocenters. The largest absolute Gasteiger partial charge is 0.497 e. The number of aromatic amines is 1. The van der Waals surface area contributed by atoms with Crippen molar-refractivity contribution in [2.45, 2.75) is 26.3 Å². The molecular weight excluding hydrogens is 280 g/mol. The smallest absolute Gasteiger partial charge is 0.279 e. The van der Waals surface area contributed by atoms with Gasteiger partial charge in [0.25, 0.3) is 5.56 Å². The van der Waals surface area contributed by atoms with E-state index in [9.17, 15) is 4.79 Å². The molecule has 3 rings (SSSR count). The summed E-state index contributed by atoms with van der Waals surface area (Å²) in [6.07, 6.45) is 3.78. The zero-order valence-electron chi connectivity index (χ0n) is 12.7. The van der Waals surface area contributed by atoms with Crippen LogP contribution in [-0.4, -0.2) is 26.6 Å². The Morgan fingerprint density at radius 2 is 2.05 bits per heavy atom. The van der Waals surface area contributed by atoms with Crippen LogP contribution in [0.25, 0.3) is 22.6 Å². The lowest BCUT2D eigenvalue weighted by atomic mass is 10.2. The lowest BCUT2D eigenvalue weighted by molar-refractivity contribution is 0.415. The van der Waals surface area contributed by atoms with E-state index in [0.717, 1.165) is 30.7 Å². The maximum absolute atomic E-state index is 12.2. The van der Waals surface area contributed by atoms with E-state index in [-0.39, 0.29) is 5.56 Å². The molecule has 3 aromatic rings. The summed E-state index contributed by atoms with van der Waals surface area (Å²) in [5.41, 5.74) is 1.63. The van der Waals surface area contributed by atoms with Crippen molar-refractivity contribution < 1.29 is 4.74 Å². The van der Waals surface area contributed by atoms with Gasteiger partial charge in [-0.2, -0.15) is 0 Å². The number of H-pyrrole nitrogens is 1. The van der Waals surface area contributed by atoms with Gasteiger partial charge in [0.05, 0.1) is 13.4 Å². The molecule has 1 aromatic carbocycles. The molecule has 0 saturated heterocycles. The van der Waals surface area contributed by atoms with Crippen LogP contribution < -0.4 is 10.3 Å². The lowest BCUT2D eigenvalue weighted by Crippen LogP contribution is -2.11. The van der Waals surface area contributed by atoms with Crippen molar-refractivity contribution >= 4 is 11.2 Å². The molecule has 0 bridgehead atoms. The van der Waals surface area contributed by atoms with Crippen molar-refractivity contribution in [2.24, 2.45) is 0 Å². The molecule has 0 amide bonds. The first-order chi connectivity index (χ1) is 10.7. The van der Waals surface area contributed by atoms with Crippen molar-refractivity contribution in [3.63, 3.8) is 0 Å². The highest BCUT2D eigenvalue weighted by atomic mass is 16.5. The summed E-state index contributed by atoms with van der Waals surface area (Å²) in [7, 11) is 1.62. The Kier molecular flexibility index (Phi) is 3.91. The number of fused-ring (bicyclic) bond motifs is 1. The van der Waals surface area contributed by atoms with Gasteiger partial charge in [-0.25, -0.2) is 9.97 Å². The second-order valence-corrected chi connectivity index (χ2v) is 5.11. The molecule has 0 fully saturated rings. The van der Waals surface area contributed by atoms with Crippen molar-refractivity contribution in [1.82, 2.24) is 19.5 Å². The number of unbranched alkanes of at least 4 members (excludes halogenated alkanes) is 1. The highest BCUT2D eigenvalue weighted by Crippen LogP contribution is 2.19. The average molecular weight is 298 g/mol. The number of nitrogens with zero attached hydrogens (tertiary/aromatic N) is 3. The molecule has 22 heavy (non-hydrogen) atoms. The monoisotopic (exact) mass is 298 g/mol. The Bertz CT molecular complexity index is 833. The molecule has 2 aromatic heterocycles. The molecule has 0 saturated carbocycles. The van der Waals surface area contributed by atoms with Crippen LogP contribution in [0.15, 0.2) is 35.4 Å². The second kappa shape index (κ2) is 6.01. The Morgan fingerprint density at radius 3 is 2.73 bits per heavy atom. The molecule has 0 radical (unpaired) electrons. The molecule has 0 atom stereocenters. The third kappa shape index (κ3) is 2.59. The summed E-state index contributed by atoms with van der Waals surface area (Å²) < 4.78 is 7.08. The van der Waals surface area contributed by atoms with Crippen LogP contribution in [0.3, 0.4) is 0 Å². The molecule has 0 spiro atoms. The van der Waals surface area contributed by atoms with Crippen LogP contribution in [0.5, 0.6) is 5.75 Å². The fourth-order valence-electron chi connectivity index (χ4n) is 2.33. The Morgan fingerprint density at radius 1 is 1.27 bits per heavy atom. The minimum absolute atomic E-state index is 0.217. The summed E-state index contributed by atoms with van der Waals surface area (Å²) in [6, 6.07) is 7.42. The van der Waals surface area contributed by atoms with Crippen molar-refractivity contribution in [3.05, 3.63) is 40.9 Å². The first kappa shape index (κ1) is 14.3. The fourth-order valence-corrected chi connectivity index (χ4v) is 2.33. The number of hydrogen-bond acceptors (Lipinski definition) is 4. The van der Waals surface area contributed by atoms with Crippen molar-refractivity contribution in [2.75, 3.05) is 7.11 Å². The maximum Gasteiger partial charge on any atom is 0.279 e. The van der Waals surface area contributed by atoms with E-state index in [4.69, 9.17) is 4.74 Å². The summed E-state index contributed by atoms with van der Waals surface area (Å²) in [5.74, 6) is 1.30. The third-order valence-electron chi connectivity index (χ3n) is 3.59. The van der Waals surface area contributed by atoms with Gasteiger partial charge in [0.15, 0.2) is 11.2 Å². The number of aromatic nitrogens is 4. The number of methoxy groups -OCH3 is 1. The number of aryl methyl sites for hydroxylation is 1. The highest BCUT2D eigenvalue weighted by Gasteiger charge is 2.11. The van der Waals surface area contributed by atoms with Gasteiger partial charge in [-0.05, 0) is 30.7 Å². The molecule has 0 aliphatic rings. The standard InChI is InChI=1S/C16H18N4O2/c1-3-4-9-20-10-17-13-15(20)18-14(19-16(13)21)11-5-7-12(22-2)8-6-11/h5-8,10H,3-4,9H2,1-2H3,(H,18,19,21). The number of nitrogens with one attached hydrogen (secondary N) is 1. The average Bonchev–Trinajstić information content (AvgIpc) is 2.96. The summed E-state index contributed by atoms with van der Waals surface area (Å²) in [5, 5.41) is 0. The molecule has 6 heteroatoms. The van der Waals surface area contributed by atoms with E-state index < -0.39 is 0 Å². The van der Waals surface area contributed by atoms with Gasteiger partial charge in [-0.1, -0.05) is 13.3 Å². The topological polar surface area (TPSA) is 72.8 Å². The summed E-state index contributed by atoms with van der Waals surface area (Å²) in [4.78, 5) is 23.7. The highest BCUT2D eigenvalue weighted by molar-refractivity contribution is 5.72. The van der Waals surface area contributed by atoms with Crippen LogP contribution in [0.1, 0.15) is 19.8 Å². The van der Waals surface area contributed by atoms with Crippen LogP contribution in [0, 0.1) is 0 Å². The Balaban J connectivity index is 2.07. The van der Waals surface area contributed by atoms with Crippen LogP contribution in [0.2, 0.25) is 0 Å². The summed E-state index contributed by atoms with van der Waals surface area (Å²) in [6.45, 7) is 2.94. The zero-order valence-corrected chi connectivity index (χ0v) is 12.7. The van der Waals surface area contributed by atoms with Crippen molar-refractivity contribution in [3.8, 4) is 17.1 Å². The predicted molar refractivity (Wildman–Crippen MR) is 85.0 cm³/mol. The van der Waals surface area contributed by atoms with Crippen LogP contribution in [0.4, 0.5) is 0 Å². The van der Waals surface area contributed by atoms with Gasteiger partial charge in [0.2, 0.25) is 0 Å². The molecule has 0 aliphatic carbocycles. The van der Waals surface area contributed by atoms with Gasteiger partial charge in [-0.3, -0.25) is 4.79 Å². The lowest BCUT2D eigenvalue weighted by Gasteiger charge is -2.05. The van der Waals surface area contributed by atoms with E-state index in [0.29, 0.717) is 17.0 Å².